The number of rotatable bonds is 6. The van der Waals surface area contributed by atoms with Crippen molar-refractivity contribution < 1.29 is 9.59 Å². The predicted molar refractivity (Wildman–Crippen MR) is 117 cm³/mol. The normalized spacial score (nSPS) is 11.6. The Morgan fingerprint density at radius 3 is 2.48 bits per heavy atom. The van der Waals surface area contributed by atoms with Gasteiger partial charge in [-0.15, -0.1) is 10.2 Å². The van der Waals surface area contributed by atoms with Gasteiger partial charge in [0.1, 0.15) is 5.01 Å². The van der Waals surface area contributed by atoms with E-state index >= 15 is 0 Å². The summed E-state index contributed by atoms with van der Waals surface area (Å²) in [7, 11) is 0. The summed E-state index contributed by atoms with van der Waals surface area (Å²) in [5.41, 5.74) is 3.30. The number of urea groups is 1. The Labute approximate surface area is 173 Å². The summed E-state index contributed by atoms with van der Waals surface area (Å²) in [6.07, 6.45) is 0.889. The molecule has 0 bridgehead atoms. The number of amides is 3. The number of carbonyl (C=O) groups is 2. The zero-order chi connectivity index (χ0) is 20.8. The lowest BCUT2D eigenvalue weighted by Gasteiger charge is -2.11. The monoisotopic (exact) mass is 409 g/mol. The van der Waals surface area contributed by atoms with E-state index in [1.165, 1.54) is 23.8 Å². The van der Waals surface area contributed by atoms with Crippen molar-refractivity contribution in [1.82, 2.24) is 10.2 Å². The Hall–Kier alpha value is -3.26. The van der Waals surface area contributed by atoms with Gasteiger partial charge in [-0.1, -0.05) is 54.7 Å². The number of aryl methyl sites for hydroxylation is 1. The highest BCUT2D eigenvalue weighted by Gasteiger charge is 2.18. The van der Waals surface area contributed by atoms with Crippen LogP contribution in [-0.4, -0.2) is 22.1 Å². The van der Waals surface area contributed by atoms with Crippen molar-refractivity contribution in [2.45, 2.75) is 33.1 Å². The number of nitrogens with zero attached hydrogens (tertiary/aromatic N) is 2. The summed E-state index contributed by atoms with van der Waals surface area (Å²) in [5, 5.41) is 17.9. The molecule has 1 heterocycles. The first kappa shape index (κ1) is 20.5. The molecule has 7 nitrogen and oxygen atoms in total. The number of hydrogen-bond donors (Lipinski definition) is 3. The summed E-state index contributed by atoms with van der Waals surface area (Å²) in [4.78, 5) is 23.6. The molecule has 3 N–H and O–H groups in total. The van der Waals surface area contributed by atoms with Crippen LogP contribution >= 0.6 is 11.3 Å². The SMILES string of the molecule is CCC(c1ccccc1)c1nnc(NC(=O)Nc2ccc(C)c(NC(C)=O)c2)s1. The molecule has 0 spiro atoms. The van der Waals surface area contributed by atoms with Gasteiger partial charge in [0.25, 0.3) is 0 Å². The van der Waals surface area contributed by atoms with Gasteiger partial charge in [0.05, 0.1) is 0 Å². The number of anilines is 3. The van der Waals surface area contributed by atoms with Gasteiger partial charge in [-0.3, -0.25) is 10.1 Å². The molecule has 150 valence electrons. The van der Waals surface area contributed by atoms with E-state index in [-0.39, 0.29) is 11.8 Å². The van der Waals surface area contributed by atoms with Crippen molar-refractivity contribution in [2.24, 2.45) is 0 Å². The van der Waals surface area contributed by atoms with E-state index in [9.17, 15) is 9.59 Å². The molecule has 3 aromatic rings. The topological polar surface area (TPSA) is 96.0 Å². The highest BCUT2D eigenvalue weighted by atomic mass is 32.1. The fraction of sp³-hybridized carbons (Fsp3) is 0.238. The molecular formula is C21H23N5O2S. The molecule has 0 saturated carbocycles. The summed E-state index contributed by atoms with van der Waals surface area (Å²) < 4.78 is 0. The molecule has 0 radical (unpaired) electrons. The molecule has 3 amide bonds. The molecule has 0 saturated heterocycles. The second kappa shape index (κ2) is 9.29. The number of benzene rings is 2. The quantitative estimate of drug-likeness (QED) is 0.534. The number of aromatic nitrogens is 2. The number of hydrogen-bond acceptors (Lipinski definition) is 5. The maximum absolute atomic E-state index is 12.3. The average Bonchev–Trinajstić information content (AvgIpc) is 3.13. The minimum absolute atomic E-state index is 0.143. The Kier molecular flexibility index (Phi) is 6.56. The third kappa shape index (κ3) is 5.39. The lowest BCUT2D eigenvalue weighted by atomic mass is 9.97. The van der Waals surface area contributed by atoms with Crippen molar-refractivity contribution in [2.75, 3.05) is 16.0 Å². The molecular weight excluding hydrogens is 386 g/mol. The molecule has 0 fully saturated rings. The largest absolute Gasteiger partial charge is 0.326 e. The van der Waals surface area contributed by atoms with Crippen LogP contribution in [0.2, 0.25) is 0 Å². The first-order valence-electron chi connectivity index (χ1n) is 9.31. The van der Waals surface area contributed by atoms with E-state index in [1.54, 1.807) is 12.1 Å². The smallest absolute Gasteiger partial charge is 0.325 e. The maximum atomic E-state index is 12.3. The maximum Gasteiger partial charge on any atom is 0.325 e. The minimum Gasteiger partial charge on any atom is -0.326 e. The van der Waals surface area contributed by atoms with Crippen LogP contribution in [0, 0.1) is 6.92 Å². The van der Waals surface area contributed by atoms with Crippen LogP contribution in [0.1, 0.15) is 42.3 Å². The highest BCUT2D eigenvalue weighted by molar-refractivity contribution is 7.15. The Morgan fingerprint density at radius 1 is 1.03 bits per heavy atom. The van der Waals surface area contributed by atoms with Gasteiger partial charge in [-0.25, -0.2) is 4.79 Å². The van der Waals surface area contributed by atoms with Crippen molar-refractivity contribution in [3.8, 4) is 0 Å². The standard InChI is InChI=1S/C21H23N5O2S/c1-4-17(15-8-6-5-7-9-15)19-25-26-21(29-19)24-20(28)23-16-11-10-13(2)18(12-16)22-14(3)27/h5-12,17H,4H2,1-3H3,(H,22,27)(H2,23,24,26,28). The molecule has 0 aliphatic carbocycles. The molecule has 1 atom stereocenters. The van der Waals surface area contributed by atoms with Crippen LogP contribution in [0.3, 0.4) is 0 Å². The molecule has 3 rings (SSSR count). The predicted octanol–water partition coefficient (Wildman–Crippen LogP) is 4.99. The zero-order valence-corrected chi connectivity index (χ0v) is 17.3. The van der Waals surface area contributed by atoms with Gasteiger partial charge in [-0.05, 0) is 36.6 Å². The fourth-order valence-electron chi connectivity index (χ4n) is 2.95. The van der Waals surface area contributed by atoms with E-state index in [1.807, 2.05) is 31.2 Å². The van der Waals surface area contributed by atoms with Crippen LogP contribution in [-0.2, 0) is 4.79 Å². The van der Waals surface area contributed by atoms with Crippen molar-refractivity contribution in [3.63, 3.8) is 0 Å². The van der Waals surface area contributed by atoms with Crippen molar-refractivity contribution in [1.29, 1.82) is 0 Å². The summed E-state index contributed by atoms with van der Waals surface area (Å²) in [6.45, 7) is 5.43. The molecule has 29 heavy (non-hydrogen) atoms. The van der Waals surface area contributed by atoms with Crippen LogP contribution < -0.4 is 16.0 Å². The minimum atomic E-state index is -0.418. The van der Waals surface area contributed by atoms with Gasteiger partial charge in [0, 0.05) is 24.2 Å². The summed E-state index contributed by atoms with van der Waals surface area (Å²) in [5.74, 6) is -0.0235. The van der Waals surface area contributed by atoms with Crippen molar-refractivity contribution >= 4 is 39.8 Å². The third-order valence-corrected chi connectivity index (χ3v) is 5.33. The molecule has 0 aliphatic heterocycles. The highest BCUT2D eigenvalue weighted by Crippen LogP contribution is 2.31. The second-order valence-electron chi connectivity index (χ2n) is 6.61. The van der Waals surface area contributed by atoms with Gasteiger partial charge >= 0.3 is 6.03 Å². The fourth-order valence-corrected chi connectivity index (χ4v) is 3.90. The van der Waals surface area contributed by atoms with Gasteiger partial charge < -0.3 is 10.6 Å². The van der Waals surface area contributed by atoms with Crippen LogP contribution in [0.4, 0.5) is 21.3 Å². The summed E-state index contributed by atoms with van der Waals surface area (Å²) in [6, 6.07) is 15.0. The van der Waals surface area contributed by atoms with Gasteiger partial charge in [-0.2, -0.15) is 0 Å². The van der Waals surface area contributed by atoms with E-state index in [0.717, 1.165) is 17.0 Å². The Balaban J connectivity index is 1.67. The average molecular weight is 410 g/mol. The van der Waals surface area contributed by atoms with E-state index in [2.05, 4.69) is 45.2 Å². The van der Waals surface area contributed by atoms with E-state index < -0.39 is 6.03 Å². The Morgan fingerprint density at radius 2 is 1.79 bits per heavy atom. The first-order chi connectivity index (χ1) is 14.0. The van der Waals surface area contributed by atoms with E-state index in [4.69, 9.17) is 0 Å². The Bertz CT molecular complexity index is 1000. The van der Waals surface area contributed by atoms with Crippen molar-refractivity contribution in [3.05, 3.63) is 64.7 Å². The summed E-state index contributed by atoms with van der Waals surface area (Å²) >= 11 is 1.36. The lowest BCUT2D eigenvalue weighted by molar-refractivity contribution is -0.114. The molecule has 1 aromatic heterocycles. The molecule has 0 aliphatic rings. The third-order valence-electron chi connectivity index (χ3n) is 4.38. The van der Waals surface area contributed by atoms with Gasteiger partial charge in [0.15, 0.2) is 0 Å². The number of nitrogens with one attached hydrogen (secondary N) is 3. The number of carbonyl (C=O) groups excluding carboxylic acids is 2. The molecule has 2 aromatic carbocycles. The lowest BCUT2D eigenvalue weighted by Crippen LogP contribution is -2.19. The van der Waals surface area contributed by atoms with E-state index in [0.29, 0.717) is 16.5 Å². The van der Waals surface area contributed by atoms with Crippen LogP contribution in [0.25, 0.3) is 0 Å². The van der Waals surface area contributed by atoms with Crippen LogP contribution in [0.5, 0.6) is 0 Å². The van der Waals surface area contributed by atoms with Crippen LogP contribution in [0.15, 0.2) is 48.5 Å². The second-order valence-corrected chi connectivity index (χ2v) is 7.62. The first-order valence-corrected chi connectivity index (χ1v) is 10.1. The van der Waals surface area contributed by atoms with Gasteiger partial charge in [0.2, 0.25) is 11.0 Å². The molecule has 8 heteroatoms. The molecule has 1 unspecified atom stereocenters. The zero-order valence-electron chi connectivity index (χ0n) is 16.5.